The first-order valence-electron chi connectivity index (χ1n) is 11.0. The number of nitrogens with one attached hydrogen (secondary N) is 1. The number of halogens is 2. The normalized spacial score (nSPS) is 14.8. The van der Waals surface area contributed by atoms with Crippen LogP contribution in [0.2, 0.25) is 10.0 Å². The molecule has 2 amide bonds. The summed E-state index contributed by atoms with van der Waals surface area (Å²) in [6, 6.07) is 10.4. The van der Waals surface area contributed by atoms with Crippen LogP contribution >= 0.6 is 23.2 Å². The minimum atomic E-state index is -0.696. The summed E-state index contributed by atoms with van der Waals surface area (Å²) in [5, 5.41) is 3.98. The number of hydrogen-bond acceptors (Lipinski definition) is 3. The van der Waals surface area contributed by atoms with Gasteiger partial charge in [-0.05, 0) is 57.4 Å². The Kier molecular flexibility index (Phi) is 8.44. The van der Waals surface area contributed by atoms with Crippen LogP contribution in [0.15, 0.2) is 36.4 Å². The molecule has 0 aromatic heterocycles. The van der Waals surface area contributed by atoms with Crippen molar-refractivity contribution in [3.05, 3.63) is 63.1 Å². The molecule has 1 fully saturated rings. The maximum atomic E-state index is 13.2. The maximum Gasteiger partial charge on any atom is 0.261 e. The molecule has 1 N–H and O–H groups in total. The fourth-order valence-electron chi connectivity index (χ4n) is 4.01. The summed E-state index contributed by atoms with van der Waals surface area (Å²) >= 11 is 12.7. The number of ether oxygens (including phenoxy) is 1. The molecule has 1 atom stereocenters. The zero-order chi connectivity index (χ0) is 23.3. The van der Waals surface area contributed by atoms with Crippen LogP contribution in [-0.2, 0) is 16.1 Å². The molecular formula is C25H30Cl2N2O3. The zero-order valence-corrected chi connectivity index (χ0v) is 20.3. The van der Waals surface area contributed by atoms with E-state index in [2.05, 4.69) is 5.32 Å². The first-order valence-corrected chi connectivity index (χ1v) is 11.7. The summed E-state index contributed by atoms with van der Waals surface area (Å²) in [6.45, 7) is 5.59. The quantitative estimate of drug-likeness (QED) is 0.549. The maximum absolute atomic E-state index is 13.2. The molecule has 1 aliphatic rings. The van der Waals surface area contributed by atoms with E-state index in [4.69, 9.17) is 27.9 Å². The second-order valence-corrected chi connectivity index (χ2v) is 9.26. The second-order valence-electron chi connectivity index (χ2n) is 8.45. The summed E-state index contributed by atoms with van der Waals surface area (Å²) < 4.78 is 5.81. The zero-order valence-electron chi connectivity index (χ0n) is 18.8. The summed E-state index contributed by atoms with van der Waals surface area (Å²) in [6.07, 6.45) is 4.17. The van der Waals surface area contributed by atoms with E-state index < -0.39 is 6.04 Å². The molecule has 2 aromatic carbocycles. The highest BCUT2D eigenvalue weighted by atomic mass is 35.5. The Bertz CT molecular complexity index is 953. The van der Waals surface area contributed by atoms with Crippen LogP contribution in [0.5, 0.6) is 5.75 Å². The first kappa shape index (κ1) is 24.4. The minimum Gasteiger partial charge on any atom is -0.483 e. The van der Waals surface area contributed by atoms with Gasteiger partial charge in [0.05, 0.1) is 0 Å². The number of amides is 2. The summed E-state index contributed by atoms with van der Waals surface area (Å²) in [5.41, 5.74) is 2.68. The molecule has 5 nitrogen and oxygen atoms in total. The van der Waals surface area contributed by atoms with Gasteiger partial charge in [0.2, 0.25) is 5.91 Å². The Labute approximate surface area is 200 Å². The van der Waals surface area contributed by atoms with Crippen LogP contribution in [-0.4, -0.2) is 35.4 Å². The number of aryl methyl sites for hydroxylation is 2. The van der Waals surface area contributed by atoms with Gasteiger partial charge in [-0.15, -0.1) is 0 Å². The summed E-state index contributed by atoms with van der Waals surface area (Å²) in [5.74, 6) is 0.151. The van der Waals surface area contributed by atoms with Gasteiger partial charge >= 0.3 is 0 Å². The van der Waals surface area contributed by atoms with Crippen molar-refractivity contribution in [2.24, 2.45) is 0 Å². The van der Waals surface area contributed by atoms with E-state index in [9.17, 15) is 9.59 Å². The third-order valence-corrected chi connectivity index (χ3v) is 6.65. The SMILES string of the molecule is Cc1ccc(OCC(=O)N(Cc2c(Cl)cccc2Cl)C(C)C(=O)NC2CCCC2)c(C)c1. The van der Waals surface area contributed by atoms with Crippen molar-refractivity contribution in [1.82, 2.24) is 10.2 Å². The minimum absolute atomic E-state index is 0.118. The van der Waals surface area contributed by atoms with E-state index in [1.165, 1.54) is 4.90 Å². The number of rotatable bonds is 8. The van der Waals surface area contributed by atoms with Gasteiger partial charge in [0.25, 0.3) is 5.91 Å². The van der Waals surface area contributed by atoms with Gasteiger partial charge in [0.15, 0.2) is 6.61 Å². The van der Waals surface area contributed by atoms with E-state index in [0.717, 1.165) is 36.8 Å². The van der Waals surface area contributed by atoms with Crippen LogP contribution in [0.25, 0.3) is 0 Å². The van der Waals surface area contributed by atoms with Gasteiger partial charge < -0.3 is 15.0 Å². The molecule has 1 saturated carbocycles. The van der Waals surface area contributed by atoms with E-state index in [-0.39, 0.29) is 31.0 Å². The fraction of sp³-hybridized carbons (Fsp3) is 0.440. The van der Waals surface area contributed by atoms with Crippen LogP contribution < -0.4 is 10.1 Å². The standard InChI is InChI=1S/C25H30Cl2N2O3/c1-16-11-12-23(17(2)13-16)32-15-24(30)29(14-20-21(26)9-6-10-22(20)27)18(3)25(31)28-19-7-4-5-8-19/h6,9-13,18-19H,4-5,7-8,14-15H2,1-3H3,(H,28,31). The molecule has 172 valence electrons. The van der Waals surface area contributed by atoms with Crippen LogP contribution in [0, 0.1) is 13.8 Å². The number of carbonyl (C=O) groups is 2. The average molecular weight is 477 g/mol. The van der Waals surface area contributed by atoms with Crippen molar-refractivity contribution in [3.63, 3.8) is 0 Å². The molecule has 1 unspecified atom stereocenters. The number of hydrogen-bond donors (Lipinski definition) is 1. The molecule has 0 aliphatic heterocycles. The predicted octanol–water partition coefficient (Wildman–Crippen LogP) is 5.47. The monoisotopic (exact) mass is 476 g/mol. The van der Waals surface area contributed by atoms with Gasteiger partial charge in [-0.3, -0.25) is 9.59 Å². The third-order valence-electron chi connectivity index (χ3n) is 5.94. The molecule has 0 heterocycles. The van der Waals surface area contributed by atoms with Crippen molar-refractivity contribution in [2.75, 3.05) is 6.61 Å². The average Bonchev–Trinajstić information content (AvgIpc) is 3.25. The third kappa shape index (κ3) is 6.17. The molecule has 0 saturated heterocycles. The number of benzene rings is 2. The van der Waals surface area contributed by atoms with E-state index in [0.29, 0.717) is 21.4 Å². The molecule has 32 heavy (non-hydrogen) atoms. The lowest BCUT2D eigenvalue weighted by molar-refractivity contribution is -0.142. The lowest BCUT2D eigenvalue weighted by Crippen LogP contribution is -2.50. The fourth-order valence-corrected chi connectivity index (χ4v) is 4.53. The highest BCUT2D eigenvalue weighted by Crippen LogP contribution is 2.27. The molecular weight excluding hydrogens is 447 g/mol. The molecule has 2 aromatic rings. The van der Waals surface area contributed by atoms with Crippen molar-refractivity contribution < 1.29 is 14.3 Å². The van der Waals surface area contributed by atoms with Crippen molar-refractivity contribution in [3.8, 4) is 5.75 Å². The molecule has 7 heteroatoms. The van der Waals surface area contributed by atoms with Crippen molar-refractivity contribution in [1.29, 1.82) is 0 Å². The summed E-state index contributed by atoms with van der Waals surface area (Å²) in [7, 11) is 0. The van der Waals surface area contributed by atoms with Gasteiger partial charge in [-0.25, -0.2) is 0 Å². The van der Waals surface area contributed by atoms with Gasteiger partial charge in [-0.1, -0.05) is 59.8 Å². The van der Waals surface area contributed by atoms with Crippen molar-refractivity contribution >= 4 is 35.0 Å². The molecule has 3 rings (SSSR count). The topological polar surface area (TPSA) is 58.6 Å². The van der Waals surface area contributed by atoms with Gasteiger partial charge in [0, 0.05) is 28.2 Å². The Morgan fingerprint density at radius 2 is 1.78 bits per heavy atom. The van der Waals surface area contributed by atoms with E-state index >= 15 is 0 Å². The summed E-state index contributed by atoms with van der Waals surface area (Å²) in [4.78, 5) is 27.7. The van der Waals surface area contributed by atoms with E-state index in [1.807, 2.05) is 32.0 Å². The molecule has 0 bridgehead atoms. The molecule has 0 spiro atoms. The molecule has 0 radical (unpaired) electrons. The van der Waals surface area contributed by atoms with Crippen molar-refractivity contribution in [2.45, 2.75) is 65.1 Å². The van der Waals surface area contributed by atoms with Crippen LogP contribution in [0.1, 0.15) is 49.3 Å². The molecule has 1 aliphatic carbocycles. The lowest BCUT2D eigenvalue weighted by atomic mass is 10.1. The highest BCUT2D eigenvalue weighted by Gasteiger charge is 2.29. The Morgan fingerprint density at radius 1 is 1.12 bits per heavy atom. The number of nitrogens with zero attached hydrogens (tertiary/aromatic N) is 1. The predicted molar refractivity (Wildman–Crippen MR) is 128 cm³/mol. The second kappa shape index (κ2) is 11.1. The largest absolute Gasteiger partial charge is 0.483 e. The smallest absolute Gasteiger partial charge is 0.261 e. The highest BCUT2D eigenvalue weighted by molar-refractivity contribution is 6.36. The number of carbonyl (C=O) groups excluding carboxylic acids is 2. The Hall–Kier alpha value is -2.24. The Morgan fingerprint density at radius 3 is 2.41 bits per heavy atom. The van der Waals surface area contributed by atoms with Crippen LogP contribution in [0.3, 0.4) is 0 Å². The van der Waals surface area contributed by atoms with Crippen LogP contribution in [0.4, 0.5) is 0 Å². The first-order chi connectivity index (χ1) is 15.3. The van der Waals surface area contributed by atoms with Gasteiger partial charge in [0.1, 0.15) is 11.8 Å². The van der Waals surface area contributed by atoms with Gasteiger partial charge in [-0.2, -0.15) is 0 Å². The lowest BCUT2D eigenvalue weighted by Gasteiger charge is -2.30. The van der Waals surface area contributed by atoms with E-state index in [1.54, 1.807) is 25.1 Å². The Balaban J connectivity index is 1.78.